The van der Waals surface area contributed by atoms with E-state index < -0.39 is 6.10 Å². The molecule has 2 N–H and O–H groups in total. The maximum Gasteiger partial charge on any atom is 0.317 e. The van der Waals surface area contributed by atoms with Gasteiger partial charge in [0.25, 0.3) is 0 Å². The minimum atomic E-state index is -0.427. The molecule has 1 aliphatic heterocycles. The fraction of sp³-hybridized carbons (Fsp3) is 0.632. The van der Waals surface area contributed by atoms with Crippen molar-refractivity contribution in [3.8, 4) is 0 Å². The molecular weight excluding hydrogens is 304 g/mol. The van der Waals surface area contributed by atoms with Crippen LogP contribution in [0.4, 0.5) is 4.79 Å². The Hall–Kier alpha value is -1.59. The lowest BCUT2D eigenvalue weighted by atomic mass is 10.0. The summed E-state index contributed by atoms with van der Waals surface area (Å²) in [6, 6.07) is 8.56. The van der Waals surface area contributed by atoms with E-state index in [1.165, 1.54) is 11.1 Å². The minimum absolute atomic E-state index is 0.0283. The van der Waals surface area contributed by atoms with Crippen molar-refractivity contribution >= 4 is 6.03 Å². The standard InChI is InChI=1S/C19H28N2O3/c1-14(22)10-18-13-24-9-8-21(18)19(23)20-7-6-15-11-16-4-2-3-5-17(16)12-15/h2-5,14-15,18,22H,6-13H2,1H3,(H,20,23)/t14-,18+/m1/s1. The first-order valence-corrected chi connectivity index (χ1v) is 9.00. The van der Waals surface area contributed by atoms with Gasteiger partial charge in [0.1, 0.15) is 0 Å². The highest BCUT2D eigenvalue weighted by Crippen LogP contribution is 2.28. The monoisotopic (exact) mass is 332 g/mol. The number of aliphatic hydroxyl groups excluding tert-OH is 1. The normalized spacial score (nSPS) is 22.2. The topological polar surface area (TPSA) is 61.8 Å². The number of benzene rings is 1. The highest BCUT2D eigenvalue weighted by Gasteiger charge is 2.28. The van der Waals surface area contributed by atoms with Crippen molar-refractivity contribution in [2.24, 2.45) is 5.92 Å². The zero-order valence-electron chi connectivity index (χ0n) is 14.4. The van der Waals surface area contributed by atoms with E-state index in [2.05, 4.69) is 29.6 Å². The first-order chi connectivity index (χ1) is 11.6. The lowest BCUT2D eigenvalue weighted by Gasteiger charge is -2.36. The predicted octanol–water partition coefficient (Wildman–Crippen LogP) is 1.97. The maximum absolute atomic E-state index is 12.5. The van der Waals surface area contributed by atoms with E-state index in [1.54, 1.807) is 6.92 Å². The number of ether oxygens (including phenoxy) is 1. The molecule has 1 heterocycles. The van der Waals surface area contributed by atoms with Crippen molar-refractivity contribution in [2.75, 3.05) is 26.3 Å². The van der Waals surface area contributed by atoms with Crippen molar-refractivity contribution in [3.63, 3.8) is 0 Å². The van der Waals surface area contributed by atoms with Crippen LogP contribution in [0.1, 0.15) is 30.9 Å². The van der Waals surface area contributed by atoms with Gasteiger partial charge in [-0.2, -0.15) is 0 Å². The number of morpholine rings is 1. The van der Waals surface area contributed by atoms with Crippen molar-refractivity contribution in [1.29, 1.82) is 0 Å². The van der Waals surface area contributed by atoms with Crippen LogP contribution in [0.5, 0.6) is 0 Å². The summed E-state index contributed by atoms with van der Waals surface area (Å²) in [5.41, 5.74) is 2.91. The quantitative estimate of drug-likeness (QED) is 0.867. The third kappa shape index (κ3) is 4.28. The summed E-state index contributed by atoms with van der Waals surface area (Å²) in [7, 11) is 0. The van der Waals surface area contributed by atoms with E-state index in [0.717, 1.165) is 19.3 Å². The minimum Gasteiger partial charge on any atom is -0.393 e. The second-order valence-corrected chi connectivity index (χ2v) is 7.07. The van der Waals surface area contributed by atoms with Crippen LogP contribution >= 0.6 is 0 Å². The molecule has 1 aromatic rings. The Morgan fingerprint density at radius 3 is 2.75 bits per heavy atom. The molecule has 1 fully saturated rings. The number of carbonyl (C=O) groups is 1. The Kier molecular flexibility index (Phi) is 5.74. The fourth-order valence-corrected chi connectivity index (χ4v) is 3.85. The van der Waals surface area contributed by atoms with E-state index >= 15 is 0 Å². The number of fused-ring (bicyclic) bond motifs is 1. The van der Waals surface area contributed by atoms with Crippen molar-refractivity contribution in [2.45, 2.75) is 44.8 Å². The molecule has 0 spiro atoms. The van der Waals surface area contributed by atoms with Crippen LogP contribution in [0.3, 0.4) is 0 Å². The van der Waals surface area contributed by atoms with E-state index in [4.69, 9.17) is 4.74 Å². The number of nitrogens with one attached hydrogen (secondary N) is 1. The zero-order valence-corrected chi connectivity index (χ0v) is 14.4. The average Bonchev–Trinajstić information content (AvgIpc) is 2.97. The second kappa shape index (κ2) is 7.99. The largest absolute Gasteiger partial charge is 0.393 e. The molecule has 0 unspecified atom stereocenters. The van der Waals surface area contributed by atoms with Crippen molar-refractivity contribution < 1.29 is 14.6 Å². The maximum atomic E-state index is 12.5. The summed E-state index contributed by atoms with van der Waals surface area (Å²) in [6.45, 7) is 4.13. The molecule has 2 aliphatic rings. The van der Waals surface area contributed by atoms with E-state index in [0.29, 0.717) is 38.6 Å². The van der Waals surface area contributed by atoms with Gasteiger partial charge in [-0.15, -0.1) is 0 Å². The van der Waals surface area contributed by atoms with Gasteiger partial charge in [0.2, 0.25) is 0 Å². The lowest BCUT2D eigenvalue weighted by Crippen LogP contribution is -2.53. The molecule has 2 atom stereocenters. The van der Waals surface area contributed by atoms with Gasteiger partial charge in [-0.25, -0.2) is 4.79 Å². The van der Waals surface area contributed by atoms with Gasteiger partial charge < -0.3 is 20.1 Å². The Balaban J connectivity index is 1.44. The first kappa shape index (κ1) is 17.2. The van der Waals surface area contributed by atoms with Crippen LogP contribution in [0, 0.1) is 5.92 Å². The summed E-state index contributed by atoms with van der Waals surface area (Å²) in [6.07, 6.45) is 3.38. The van der Waals surface area contributed by atoms with Gasteiger partial charge >= 0.3 is 6.03 Å². The number of hydrogen-bond donors (Lipinski definition) is 2. The molecule has 0 aromatic heterocycles. The molecule has 0 radical (unpaired) electrons. The van der Waals surface area contributed by atoms with Crippen LogP contribution in [0.25, 0.3) is 0 Å². The summed E-state index contributed by atoms with van der Waals surface area (Å²) >= 11 is 0. The van der Waals surface area contributed by atoms with Crippen LogP contribution < -0.4 is 5.32 Å². The molecule has 132 valence electrons. The number of carbonyl (C=O) groups excluding carboxylic acids is 1. The van der Waals surface area contributed by atoms with Crippen molar-refractivity contribution in [1.82, 2.24) is 10.2 Å². The number of amides is 2. The zero-order chi connectivity index (χ0) is 16.9. The number of hydrogen-bond acceptors (Lipinski definition) is 3. The van der Waals surface area contributed by atoms with Gasteiger partial charge in [0.05, 0.1) is 25.4 Å². The Bertz CT molecular complexity index is 536. The molecule has 5 heteroatoms. The number of aliphatic hydroxyl groups is 1. The van der Waals surface area contributed by atoms with Crippen LogP contribution in [-0.2, 0) is 17.6 Å². The summed E-state index contributed by atoms with van der Waals surface area (Å²) in [4.78, 5) is 14.3. The average molecular weight is 332 g/mol. The molecule has 0 bridgehead atoms. The highest BCUT2D eigenvalue weighted by molar-refractivity contribution is 5.74. The molecule has 2 amide bonds. The molecule has 5 nitrogen and oxygen atoms in total. The molecular formula is C19H28N2O3. The summed E-state index contributed by atoms with van der Waals surface area (Å²) < 4.78 is 5.45. The number of urea groups is 1. The van der Waals surface area contributed by atoms with E-state index in [1.807, 2.05) is 4.90 Å². The number of rotatable bonds is 5. The van der Waals surface area contributed by atoms with Crippen LogP contribution in [0.2, 0.25) is 0 Å². The Labute approximate surface area is 144 Å². The molecule has 1 aliphatic carbocycles. The molecule has 1 saturated heterocycles. The second-order valence-electron chi connectivity index (χ2n) is 7.07. The van der Waals surface area contributed by atoms with Crippen LogP contribution in [-0.4, -0.2) is 54.5 Å². The first-order valence-electron chi connectivity index (χ1n) is 9.00. The SMILES string of the molecule is C[C@@H](O)C[C@H]1COCCN1C(=O)NCCC1Cc2ccccc2C1. The van der Waals surface area contributed by atoms with Gasteiger partial charge in [-0.1, -0.05) is 24.3 Å². The van der Waals surface area contributed by atoms with E-state index in [9.17, 15) is 9.90 Å². The third-order valence-electron chi connectivity index (χ3n) is 5.07. The molecule has 24 heavy (non-hydrogen) atoms. The third-order valence-corrected chi connectivity index (χ3v) is 5.07. The van der Waals surface area contributed by atoms with Gasteiger partial charge in [-0.3, -0.25) is 0 Å². The fourth-order valence-electron chi connectivity index (χ4n) is 3.85. The Morgan fingerprint density at radius 2 is 2.08 bits per heavy atom. The van der Waals surface area contributed by atoms with Crippen molar-refractivity contribution in [3.05, 3.63) is 35.4 Å². The van der Waals surface area contributed by atoms with Gasteiger partial charge in [0.15, 0.2) is 0 Å². The molecule has 0 saturated carbocycles. The van der Waals surface area contributed by atoms with Gasteiger partial charge in [0, 0.05) is 13.1 Å². The summed E-state index contributed by atoms with van der Waals surface area (Å²) in [5.74, 6) is 0.626. The number of nitrogens with zero attached hydrogens (tertiary/aromatic N) is 1. The smallest absolute Gasteiger partial charge is 0.317 e. The van der Waals surface area contributed by atoms with Gasteiger partial charge in [-0.05, 0) is 49.7 Å². The lowest BCUT2D eigenvalue weighted by molar-refractivity contribution is -0.00432. The summed E-state index contributed by atoms with van der Waals surface area (Å²) in [5, 5.41) is 12.7. The predicted molar refractivity (Wildman–Crippen MR) is 93.0 cm³/mol. The van der Waals surface area contributed by atoms with E-state index in [-0.39, 0.29) is 12.1 Å². The molecule has 1 aromatic carbocycles. The molecule has 3 rings (SSSR count). The highest BCUT2D eigenvalue weighted by atomic mass is 16.5. The van der Waals surface area contributed by atoms with Crippen LogP contribution in [0.15, 0.2) is 24.3 Å². The Morgan fingerprint density at radius 1 is 1.38 bits per heavy atom.